The van der Waals surface area contributed by atoms with E-state index in [4.69, 9.17) is 4.74 Å². The van der Waals surface area contributed by atoms with E-state index in [0.29, 0.717) is 19.2 Å². The van der Waals surface area contributed by atoms with Crippen molar-refractivity contribution in [3.05, 3.63) is 35.1 Å². The summed E-state index contributed by atoms with van der Waals surface area (Å²) in [6.07, 6.45) is 1.50. The van der Waals surface area contributed by atoms with Gasteiger partial charge < -0.3 is 10.1 Å². The van der Waals surface area contributed by atoms with E-state index in [1.807, 2.05) is 6.92 Å². The Morgan fingerprint density at radius 3 is 2.61 bits per heavy atom. The number of halogens is 3. The minimum atomic E-state index is -1.17. The summed E-state index contributed by atoms with van der Waals surface area (Å²) in [5, 5.41) is 3.07. The van der Waals surface area contributed by atoms with Crippen LogP contribution in [0.5, 0.6) is 0 Å². The van der Waals surface area contributed by atoms with Gasteiger partial charge in [-0.15, -0.1) is 0 Å². The smallest absolute Gasteiger partial charge is 0.161 e. The molecule has 100 valence electrons. The second kappa shape index (κ2) is 5.71. The van der Waals surface area contributed by atoms with Gasteiger partial charge in [0.2, 0.25) is 0 Å². The molecule has 1 heterocycles. The van der Waals surface area contributed by atoms with E-state index in [0.717, 1.165) is 18.9 Å². The average Bonchev–Trinajstić information content (AvgIpc) is 2.85. The van der Waals surface area contributed by atoms with Gasteiger partial charge in [-0.05, 0) is 25.5 Å². The van der Waals surface area contributed by atoms with Crippen LogP contribution in [0.4, 0.5) is 13.2 Å². The van der Waals surface area contributed by atoms with Crippen LogP contribution in [0.15, 0.2) is 12.1 Å². The van der Waals surface area contributed by atoms with Crippen LogP contribution in [0.1, 0.15) is 31.4 Å². The molecule has 0 aliphatic carbocycles. The molecule has 2 nitrogen and oxygen atoms in total. The maximum atomic E-state index is 13.8. The van der Waals surface area contributed by atoms with Gasteiger partial charge in [0.05, 0.1) is 12.1 Å². The van der Waals surface area contributed by atoms with E-state index in [9.17, 15) is 13.2 Å². The van der Waals surface area contributed by atoms with Gasteiger partial charge in [-0.25, -0.2) is 13.2 Å². The topological polar surface area (TPSA) is 21.3 Å². The Labute approximate surface area is 104 Å². The lowest BCUT2D eigenvalue weighted by atomic mass is 9.98. The third-order valence-corrected chi connectivity index (χ3v) is 3.14. The van der Waals surface area contributed by atoms with Gasteiger partial charge in [0, 0.05) is 18.2 Å². The van der Waals surface area contributed by atoms with Crippen LogP contribution >= 0.6 is 0 Å². The van der Waals surface area contributed by atoms with E-state index >= 15 is 0 Å². The maximum absolute atomic E-state index is 13.8. The zero-order valence-corrected chi connectivity index (χ0v) is 10.2. The first-order chi connectivity index (χ1) is 8.63. The van der Waals surface area contributed by atoms with Crippen molar-refractivity contribution in [2.45, 2.75) is 31.9 Å². The SMILES string of the molecule is CCNC(c1cc(F)c(F)cc1F)C1CCCO1. The van der Waals surface area contributed by atoms with Crippen molar-refractivity contribution < 1.29 is 17.9 Å². The van der Waals surface area contributed by atoms with E-state index in [2.05, 4.69) is 5.32 Å². The molecule has 1 aliphatic heterocycles. The summed E-state index contributed by atoms with van der Waals surface area (Å²) in [6, 6.07) is 1.07. The summed E-state index contributed by atoms with van der Waals surface area (Å²) in [4.78, 5) is 0. The molecule has 0 bridgehead atoms. The lowest BCUT2D eigenvalue weighted by Gasteiger charge is -2.24. The largest absolute Gasteiger partial charge is 0.376 e. The molecular formula is C13H16F3NO. The fraction of sp³-hybridized carbons (Fsp3) is 0.538. The fourth-order valence-corrected chi connectivity index (χ4v) is 2.30. The predicted molar refractivity (Wildman–Crippen MR) is 61.7 cm³/mol. The van der Waals surface area contributed by atoms with Gasteiger partial charge in [0.1, 0.15) is 5.82 Å². The molecule has 1 saturated heterocycles. The Bertz CT molecular complexity index is 419. The first kappa shape index (κ1) is 13.4. The number of hydrogen-bond donors (Lipinski definition) is 1. The summed E-state index contributed by atoms with van der Waals surface area (Å²) in [5.41, 5.74) is 0.127. The lowest BCUT2D eigenvalue weighted by molar-refractivity contribution is 0.0775. The molecule has 1 aromatic rings. The van der Waals surface area contributed by atoms with E-state index in [-0.39, 0.29) is 11.7 Å². The summed E-state index contributed by atoms with van der Waals surface area (Å²) >= 11 is 0. The van der Waals surface area contributed by atoms with Crippen LogP contribution in [0.2, 0.25) is 0 Å². The van der Waals surface area contributed by atoms with Gasteiger partial charge in [0.25, 0.3) is 0 Å². The van der Waals surface area contributed by atoms with Crippen molar-refractivity contribution in [3.8, 4) is 0 Å². The maximum Gasteiger partial charge on any atom is 0.161 e. The second-order valence-corrected chi connectivity index (χ2v) is 4.37. The number of benzene rings is 1. The van der Waals surface area contributed by atoms with Crippen LogP contribution in [-0.2, 0) is 4.74 Å². The minimum Gasteiger partial charge on any atom is -0.376 e. The molecule has 0 spiro atoms. The molecule has 0 aromatic heterocycles. The van der Waals surface area contributed by atoms with Crippen molar-refractivity contribution in [2.75, 3.05) is 13.2 Å². The highest BCUT2D eigenvalue weighted by Crippen LogP contribution is 2.29. The molecule has 0 radical (unpaired) electrons. The quantitative estimate of drug-likeness (QED) is 0.839. The molecule has 1 fully saturated rings. The summed E-state index contributed by atoms with van der Waals surface area (Å²) < 4.78 is 45.4. The first-order valence-corrected chi connectivity index (χ1v) is 6.13. The van der Waals surface area contributed by atoms with Crippen LogP contribution < -0.4 is 5.32 Å². The standard InChI is InChI=1S/C13H16F3NO/c1-2-17-13(12-4-3-5-18-12)8-6-10(15)11(16)7-9(8)14/h6-7,12-13,17H,2-5H2,1H3. The summed E-state index contributed by atoms with van der Waals surface area (Å²) in [7, 11) is 0. The van der Waals surface area contributed by atoms with E-state index in [1.54, 1.807) is 0 Å². The highest BCUT2D eigenvalue weighted by molar-refractivity contribution is 5.24. The Balaban J connectivity index is 2.32. The van der Waals surface area contributed by atoms with Crippen LogP contribution in [-0.4, -0.2) is 19.3 Å². The van der Waals surface area contributed by atoms with Gasteiger partial charge >= 0.3 is 0 Å². The number of likely N-dealkylation sites (N-methyl/N-ethyl adjacent to an activating group) is 1. The van der Waals surface area contributed by atoms with Gasteiger partial charge in [0.15, 0.2) is 11.6 Å². The van der Waals surface area contributed by atoms with Crippen LogP contribution in [0.25, 0.3) is 0 Å². The molecule has 5 heteroatoms. The molecule has 1 aromatic carbocycles. The number of ether oxygens (including phenoxy) is 1. The Morgan fingerprint density at radius 2 is 2.00 bits per heavy atom. The Hall–Kier alpha value is -1.07. The monoisotopic (exact) mass is 259 g/mol. The normalized spacial score (nSPS) is 21.2. The zero-order chi connectivity index (χ0) is 13.1. The number of nitrogens with one attached hydrogen (secondary N) is 1. The van der Waals surface area contributed by atoms with Crippen LogP contribution in [0.3, 0.4) is 0 Å². The van der Waals surface area contributed by atoms with Crippen molar-refractivity contribution in [3.63, 3.8) is 0 Å². The van der Waals surface area contributed by atoms with Gasteiger partial charge in [-0.2, -0.15) is 0 Å². The zero-order valence-electron chi connectivity index (χ0n) is 10.2. The number of hydrogen-bond acceptors (Lipinski definition) is 2. The molecule has 1 aliphatic rings. The molecule has 18 heavy (non-hydrogen) atoms. The molecule has 0 amide bonds. The highest BCUT2D eigenvalue weighted by Gasteiger charge is 2.29. The molecular weight excluding hydrogens is 243 g/mol. The summed E-state index contributed by atoms with van der Waals surface area (Å²) in [6.45, 7) is 3.10. The fourth-order valence-electron chi connectivity index (χ4n) is 2.30. The molecule has 2 rings (SSSR count). The van der Waals surface area contributed by atoms with Crippen LogP contribution in [0, 0.1) is 17.5 Å². The first-order valence-electron chi connectivity index (χ1n) is 6.13. The minimum absolute atomic E-state index is 0.127. The third-order valence-electron chi connectivity index (χ3n) is 3.14. The highest BCUT2D eigenvalue weighted by atomic mass is 19.2. The molecule has 2 unspecified atom stereocenters. The molecule has 1 N–H and O–H groups in total. The second-order valence-electron chi connectivity index (χ2n) is 4.37. The van der Waals surface area contributed by atoms with Crippen molar-refractivity contribution >= 4 is 0 Å². The number of rotatable bonds is 4. The molecule has 2 atom stereocenters. The van der Waals surface area contributed by atoms with Crippen molar-refractivity contribution in [2.24, 2.45) is 0 Å². The third kappa shape index (κ3) is 2.67. The lowest BCUT2D eigenvalue weighted by Crippen LogP contribution is -2.32. The molecule has 0 saturated carbocycles. The van der Waals surface area contributed by atoms with Gasteiger partial charge in [-0.1, -0.05) is 6.92 Å². The van der Waals surface area contributed by atoms with Crippen molar-refractivity contribution in [1.29, 1.82) is 0 Å². The van der Waals surface area contributed by atoms with Crippen molar-refractivity contribution in [1.82, 2.24) is 5.32 Å². The predicted octanol–water partition coefficient (Wildman–Crippen LogP) is 2.93. The van der Waals surface area contributed by atoms with E-state index < -0.39 is 23.5 Å². The Kier molecular flexibility index (Phi) is 4.24. The van der Waals surface area contributed by atoms with Gasteiger partial charge in [-0.3, -0.25) is 0 Å². The van der Waals surface area contributed by atoms with E-state index in [1.165, 1.54) is 0 Å². The summed E-state index contributed by atoms with van der Waals surface area (Å²) in [5.74, 6) is -2.94. The average molecular weight is 259 g/mol. The Morgan fingerprint density at radius 1 is 1.28 bits per heavy atom.